The van der Waals surface area contributed by atoms with Gasteiger partial charge in [-0.05, 0) is 30.7 Å². The van der Waals surface area contributed by atoms with Crippen molar-refractivity contribution in [1.29, 1.82) is 5.26 Å². The van der Waals surface area contributed by atoms with E-state index in [-0.39, 0.29) is 11.1 Å². The van der Waals surface area contributed by atoms with Crippen molar-refractivity contribution in [2.24, 2.45) is 0 Å². The third kappa shape index (κ3) is 4.19. The van der Waals surface area contributed by atoms with E-state index in [9.17, 15) is 10.1 Å². The van der Waals surface area contributed by atoms with Crippen LogP contribution in [0.25, 0.3) is 11.1 Å². The van der Waals surface area contributed by atoms with Gasteiger partial charge in [0, 0.05) is 27.9 Å². The van der Waals surface area contributed by atoms with Gasteiger partial charge in [0.25, 0.3) is 5.56 Å². The lowest BCUT2D eigenvalue weighted by molar-refractivity contribution is 0.155. The topological polar surface area (TPSA) is 65.9 Å². The number of aromatic nitrogens is 1. The number of rotatable bonds is 6. The maximum absolute atomic E-state index is 12.3. The third-order valence-electron chi connectivity index (χ3n) is 6.26. The number of aryl methyl sites for hydroxylation is 1. The highest BCUT2D eigenvalue weighted by Gasteiger charge is 2.38. The maximum Gasteiger partial charge on any atom is 0.266 e. The van der Waals surface area contributed by atoms with E-state index in [4.69, 9.17) is 4.74 Å². The van der Waals surface area contributed by atoms with E-state index in [2.05, 4.69) is 41.4 Å². The molecule has 0 unspecified atom stereocenters. The number of ether oxygens (including phenoxy) is 1. The van der Waals surface area contributed by atoms with Crippen LogP contribution in [0, 0.1) is 18.3 Å². The van der Waals surface area contributed by atoms with Crippen LogP contribution in [0.5, 0.6) is 5.75 Å². The summed E-state index contributed by atoms with van der Waals surface area (Å²) in [6.45, 7) is 1.80. The average molecular weight is 469 g/mol. The van der Waals surface area contributed by atoms with E-state index in [0.29, 0.717) is 17.0 Å². The number of pyridine rings is 1. The molecule has 0 saturated carbocycles. The Kier molecular flexibility index (Phi) is 6.21. The first-order valence-corrected chi connectivity index (χ1v) is 11.7. The molecular formula is C32H24N2O2. The minimum atomic E-state index is -0.885. The van der Waals surface area contributed by atoms with Crippen molar-refractivity contribution in [2.45, 2.75) is 12.5 Å². The molecule has 1 heterocycles. The van der Waals surface area contributed by atoms with Crippen molar-refractivity contribution in [3.05, 3.63) is 160 Å². The Morgan fingerprint density at radius 3 is 1.64 bits per heavy atom. The molecule has 36 heavy (non-hydrogen) atoms. The second kappa shape index (κ2) is 9.77. The van der Waals surface area contributed by atoms with Crippen LogP contribution in [0.3, 0.4) is 0 Å². The smallest absolute Gasteiger partial charge is 0.266 e. The fraction of sp³-hybridized carbons (Fsp3) is 0.0625. The molecule has 4 heteroatoms. The first-order valence-electron chi connectivity index (χ1n) is 11.7. The van der Waals surface area contributed by atoms with Crippen LogP contribution in [0.15, 0.2) is 126 Å². The normalized spacial score (nSPS) is 11.0. The molecule has 0 radical (unpaired) electrons. The Morgan fingerprint density at radius 1 is 0.722 bits per heavy atom. The molecule has 0 bridgehead atoms. The van der Waals surface area contributed by atoms with Crippen LogP contribution < -0.4 is 10.3 Å². The number of hydrogen-bond donors (Lipinski definition) is 1. The Balaban J connectivity index is 1.65. The zero-order valence-corrected chi connectivity index (χ0v) is 19.8. The summed E-state index contributed by atoms with van der Waals surface area (Å²) in [6.07, 6.45) is 0. The van der Waals surface area contributed by atoms with Crippen molar-refractivity contribution in [2.75, 3.05) is 0 Å². The molecule has 5 aromatic rings. The predicted octanol–water partition coefficient (Wildman–Crippen LogP) is 6.59. The van der Waals surface area contributed by atoms with Gasteiger partial charge in [-0.3, -0.25) is 4.79 Å². The summed E-state index contributed by atoms with van der Waals surface area (Å²) in [7, 11) is 0. The quantitative estimate of drug-likeness (QED) is 0.286. The van der Waals surface area contributed by atoms with E-state index in [1.54, 1.807) is 6.92 Å². The first-order chi connectivity index (χ1) is 17.6. The molecular weight excluding hydrogens is 444 g/mol. The van der Waals surface area contributed by atoms with Gasteiger partial charge in [-0.25, -0.2) is 0 Å². The highest BCUT2D eigenvalue weighted by Crippen LogP contribution is 2.41. The summed E-state index contributed by atoms with van der Waals surface area (Å²) in [5.41, 5.74) is 3.92. The van der Waals surface area contributed by atoms with Crippen molar-refractivity contribution >= 4 is 0 Å². The van der Waals surface area contributed by atoms with Gasteiger partial charge < -0.3 is 9.72 Å². The molecule has 0 saturated heterocycles. The number of nitrogens with one attached hydrogen (secondary N) is 1. The highest BCUT2D eigenvalue weighted by molar-refractivity contribution is 5.70. The Labute approximate surface area is 210 Å². The lowest BCUT2D eigenvalue weighted by atomic mass is 9.80. The molecule has 0 aliphatic rings. The number of hydrogen-bond acceptors (Lipinski definition) is 3. The van der Waals surface area contributed by atoms with Gasteiger partial charge in [-0.15, -0.1) is 0 Å². The predicted molar refractivity (Wildman–Crippen MR) is 142 cm³/mol. The molecule has 0 amide bonds. The molecule has 1 aromatic heterocycles. The second-order valence-electron chi connectivity index (χ2n) is 8.59. The molecule has 1 N–H and O–H groups in total. The summed E-state index contributed by atoms with van der Waals surface area (Å²) in [6, 6.07) is 41.9. The van der Waals surface area contributed by atoms with Crippen molar-refractivity contribution < 1.29 is 4.74 Å². The molecule has 4 nitrogen and oxygen atoms in total. The summed E-state index contributed by atoms with van der Waals surface area (Å²) in [5.74, 6) is 0.662. The zero-order valence-electron chi connectivity index (χ0n) is 19.8. The Bertz CT molecular complexity index is 1470. The largest absolute Gasteiger partial charge is 0.473 e. The zero-order chi connectivity index (χ0) is 25.0. The van der Waals surface area contributed by atoms with E-state index in [0.717, 1.165) is 22.3 Å². The number of nitriles is 1. The maximum atomic E-state index is 12.3. The number of nitrogens with zero attached hydrogens (tertiary/aromatic N) is 1. The van der Waals surface area contributed by atoms with Gasteiger partial charge in [0.2, 0.25) is 0 Å². The van der Waals surface area contributed by atoms with Crippen LogP contribution in [0.2, 0.25) is 0 Å². The minimum absolute atomic E-state index is 0.0986. The number of benzene rings is 4. The van der Waals surface area contributed by atoms with Gasteiger partial charge >= 0.3 is 0 Å². The van der Waals surface area contributed by atoms with Crippen LogP contribution in [0.1, 0.15) is 27.9 Å². The molecule has 5 rings (SSSR count). The van der Waals surface area contributed by atoms with E-state index in [1.165, 1.54) is 0 Å². The monoisotopic (exact) mass is 468 g/mol. The van der Waals surface area contributed by atoms with Crippen molar-refractivity contribution in [3.8, 4) is 22.9 Å². The standard InChI is InChI=1S/C32H24N2O2/c1-23-21-29(30(22-33)31(35)34-23)24-17-19-28(20-18-24)36-32(25-11-5-2-6-12-25,26-13-7-3-8-14-26)27-15-9-4-10-16-27/h2-21H,1H3,(H,34,35). The van der Waals surface area contributed by atoms with Crippen LogP contribution in [-0.4, -0.2) is 4.98 Å². The second-order valence-corrected chi connectivity index (χ2v) is 8.59. The fourth-order valence-corrected chi connectivity index (χ4v) is 4.60. The fourth-order valence-electron chi connectivity index (χ4n) is 4.60. The number of aromatic amines is 1. The first kappa shape index (κ1) is 22.9. The van der Waals surface area contributed by atoms with Crippen molar-refractivity contribution in [3.63, 3.8) is 0 Å². The van der Waals surface area contributed by atoms with Crippen molar-refractivity contribution in [1.82, 2.24) is 4.98 Å². The van der Waals surface area contributed by atoms with E-state index >= 15 is 0 Å². The third-order valence-corrected chi connectivity index (χ3v) is 6.26. The Morgan fingerprint density at radius 2 is 1.19 bits per heavy atom. The molecule has 0 aliphatic carbocycles. The van der Waals surface area contributed by atoms with Crippen LogP contribution in [-0.2, 0) is 5.60 Å². The SMILES string of the molecule is Cc1cc(-c2ccc(OC(c3ccccc3)(c3ccccc3)c3ccccc3)cc2)c(C#N)c(=O)[nH]1. The van der Waals surface area contributed by atoms with Gasteiger partial charge in [0.05, 0.1) is 0 Å². The van der Waals surface area contributed by atoms with E-state index in [1.807, 2.05) is 91.0 Å². The van der Waals surface area contributed by atoms with Crippen LogP contribution >= 0.6 is 0 Å². The molecule has 174 valence electrons. The molecule has 0 fully saturated rings. The molecule has 0 atom stereocenters. The van der Waals surface area contributed by atoms with Crippen LogP contribution in [0.4, 0.5) is 0 Å². The summed E-state index contributed by atoms with van der Waals surface area (Å²) in [4.78, 5) is 15.0. The van der Waals surface area contributed by atoms with Gasteiger partial charge in [0.15, 0.2) is 5.60 Å². The average Bonchev–Trinajstić information content (AvgIpc) is 2.93. The molecule has 0 aliphatic heterocycles. The van der Waals surface area contributed by atoms with Gasteiger partial charge in [0.1, 0.15) is 17.4 Å². The Hall–Kier alpha value is -4.88. The lowest BCUT2D eigenvalue weighted by Gasteiger charge is -2.36. The molecule has 0 spiro atoms. The highest BCUT2D eigenvalue weighted by atomic mass is 16.5. The number of H-pyrrole nitrogens is 1. The van der Waals surface area contributed by atoms with E-state index < -0.39 is 5.60 Å². The lowest BCUT2D eigenvalue weighted by Crippen LogP contribution is -2.36. The summed E-state index contributed by atoms with van der Waals surface area (Å²) < 4.78 is 6.92. The van der Waals surface area contributed by atoms with Gasteiger partial charge in [-0.1, -0.05) is 103 Å². The van der Waals surface area contributed by atoms with Gasteiger partial charge in [-0.2, -0.15) is 5.26 Å². The molecule has 4 aromatic carbocycles. The summed E-state index contributed by atoms with van der Waals surface area (Å²) >= 11 is 0. The minimum Gasteiger partial charge on any atom is -0.473 e. The summed E-state index contributed by atoms with van der Waals surface area (Å²) in [5, 5.41) is 9.54.